The first-order chi connectivity index (χ1) is 15.4. The van der Waals surface area contributed by atoms with Crippen LogP contribution in [0.25, 0.3) is 0 Å². The third-order valence-corrected chi connectivity index (χ3v) is 6.04. The van der Waals surface area contributed by atoms with Gasteiger partial charge in [-0.1, -0.05) is 28.1 Å². The number of hydrogen-bond acceptors (Lipinski definition) is 5. The SMILES string of the molecule is O=C(CCCN1C(=O)c2ccc(Br)cc2C1=O)NCc1ccc(N2CCNC(=O)C2)cc1. The molecule has 2 N–H and O–H groups in total. The van der Waals surface area contributed by atoms with Crippen molar-refractivity contribution in [3.8, 4) is 0 Å². The van der Waals surface area contributed by atoms with Crippen LogP contribution >= 0.6 is 15.9 Å². The summed E-state index contributed by atoms with van der Waals surface area (Å²) in [4.78, 5) is 51.8. The molecule has 0 saturated carbocycles. The van der Waals surface area contributed by atoms with Crippen molar-refractivity contribution in [3.05, 3.63) is 63.6 Å². The molecular formula is C23H23BrN4O4. The molecule has 0 unspecified atom stereocenters. The Bertz CT molecular complexity index is 1070. The zero-order valence-corrected chi connectivity index (χ0v) is 19.0. The maximum atomic E-state index is 12.5. The number of nitrogens with zero attached hydrogens (tertiary/aromatic N) is 2. The van der Waals surface area contributed by atoms with Crippen LogP contribution in [0.3, 0.4) is 0 Å². The monoisotopic (exact) mass is 498 g/mol. The van der Waals surface area contributed by atoms with Gasteiger partial charge in [-0.15, -0.1) is 0 Å². The Morgan fingerprint density at radius 3 is 2.53 bits per heavy atom. The highest BCUT2D eigenvalue weighted by molar-refractivity contribution is 9.10. The molecule has 0 bridgehead atoms. The zero-order chi connectivity index (χ0) is 22.7. The molecule has 1 saturated heterocycles. The highest BCUT2D eigenvalue weighted by Crippen LogP contribution is 2.26. The molecular weight excluding hydrogens is 476 g/mol. The summed E-state index contributed by atoms with van der Waals surface area (Å²) in [5.74, 6) is -0.759. The quantitative estimate of drug-likeness (QED) is 0.569. The molecule has 32 heavy (non-hydrogen) atoms. The first-order valence-electron chi connectivity index (χ1n) is 10.5. The van der Waals surface area contributed by atoms with Crippen molar-refractivity contribution in [2.75, 3.05) is 31.1 Å². The Hall–Kier alpha value is -3.20. The van der Waals surface area contributed by atoms with Gasteiger partial charge in [0.2, 0.25) is 11.8 Å². The molecule has 0 aliphatic carbocycles. The highest BCUT2D eigenvalue weighted by atomic mass is 79.9. The van der Waals surface area contributed by atoms with E-state index in [4.69, 9.17) is 0 Å². The van der Waals surface area contributed by atoms with Crippen LogP contribution in [0, 0.1) is 0 Å². The Kier molecular flexibility index (Phi) is 6.55. The summed E-state index contributed by atoms with van der Waals surface area (Å²) in [5, 5.41) is 5.67. The molecule has 2 aromatic carbocycles. The first-order valence-corrected chi connectivity index (χ1v) is 11.2. The van der Waals surface area contributed by atoms with Crippen LogP contribution < -0.4 is 15.5 Å². The molecule has 0 atom stereocenters. The minimum atomic E-state index is -0.321. The predicted molar refractivity (Wildman–Crippen MR) is 122 cm³/mol. The number of nitrogens with one attached hydrogen (secondary N) is 2. The molecule has 166 valence electrons. The summed E-state index contributed by atoms with van der Waals surface area (Å²) >= 11 is 3.31. The molecule has 0 aromatic heterocycles. The largest absolute Gasteiger partial charge is 0.360 e. The van der Waals surface area contributed by atoms with E-state index in [1.54, 1.807) is 18.2 Å². The highest BCUT2D eigenvalue weighted by Gasteiger charge is 2.35. The van der Waals surface area contributed by atoms with Gasteiger partial charge in [0, 0.05) is 42.8 Å². The van der Waals surface area contributed by atoms with E-state index in [0.29, 0.717) is 37.2 Å². The normalized spacial score (nSPS) is 15.6. The second kappa shape index (κ2) is 9.52. The van der Waals surface area contributed by atoms with Crippen LogP contribution in [0.1, 0.15) is 39.1 Å². The fourth-order valence-corrected chi connectivity index (χ4v) is 4.20. The van der Waals surface area contributed by atoms with E-state index in [2.05, 4.69) is 26.6 Å². The van der Waals surface area contributed by atoms with Crippen LogP contribution in [-0.2, 0) is 16.1 Å². The fourth-order valence-electron chi connectivity index (χ4n) is 3.84. The van der Waals surface area contributed by atoms with E-state index < -0.39 is 0 Å². The standard InChI is InChI=1S/C23H23BrN4O4/c24-16-5-8-18-19(12-16)23(32)28(22(18)31)10-1-2-20(29)26-13-15-3-6-17(7-4-15)27-11-9-25-21(30)14-27/h3-8,12H,1-2,9-11,13-14H2,(H,25,30)(H,26,29). The molecule has 4 rings (SSSR count). The number of rotatable bonds is 7. The van der Waals surface area contributed by atoms with Crippen molar-refractivity contribution in [1.29, 1.82) is 0 Å². The summed E-state index contributed by atoms with van der Waals surface area (Å²) in [6, 6.07) is 12.8. The van der Waals surface area contributed by atoms with E-state index in [-0.39, 0.29) is 36.6 Å². The molecule has 1 fully saturated rings. The van der Waals surface area contributed by atoms with Gasteiger partial charge in [-0.3, -0.25) is 24.1 Å². The average molecular weight is 499 g/mol. The lowest BCUT2D eigenvalue weighted by Gasteiger charge is -2.28. The summed E-state index contributed by atoms with van der Waals surface area (Å²) in [5.41, 5.74) is 2.72. The van der Waals surface area contributed by atoms with Crippen LogP contribution in [-0.4, -0.2) is 54.7 Å². The smallest absolute Gasteiger partial charge is 0.261 e. The number of hydrogen-bond donors (Lipinski definition) is 2. The third kappa shape index (κ3) is 4.83. The lowest BCUT2D eigenvalue weighted by molar-refractivity contribution is -0.121. The van der Waals surface area contributed by atoms with Gasteiger partial charge in [-0.25, -0.2) is 0 Å². The van der Waals surface area contributed by atoms with Crippen molar-refractivity contribution in [1.82, 2.24) is 15.5 Å². The molecule has 2 aliphatic rings. The summed E-state index contributed by atoms with van der Waals surface area (Å²) < 4.78 is 0.744. The Morgan fingerprint density at radius 2 is 1.78 bits per heavy atom. The van der Waals surface area contributed by atoms with Gasteiger partial charge in [0.25, 0.3) is 11.8 Å². The summed E-state index contributed by atoms with van der Waals surface area (Å²) in [6.07, 6.45) is 0.618. The molecule has 8 nitrogen and oxygen atoms in total. The fraction of sp³-hybridized carbons (Fsp3) is 0.304. The predicted octanol–water partition coefficient (Wildman–Crippen LogP) is 2.08. The van der Waals surface area contributed by atoms with Crippen molar-refractivity contribution in [3.63, 3.8) is 0 Å². The van der Waals surface area contributed by atoms with Crippen LogP contribution in [0.4, 0.5) is 5.69 Å². The summed E-state index contributed by atoms with van der Waals surface area (Å²) in [6.45, 7) is 2.34. The van der Waals surface area contributed by atoms with Crippen LogP contribution in [0.15, 0.2) is 46.9 Å². The minimum Gasteiger partial charge on any atom is -0.360 e. The number of carbonyl (C=O) groups excluding carboxylic acids is 4. The van der Waals surface area contributed by atoms with Gasteiger partial charge >= 0.3 is 0 Å². The van der Waals surface area contributed by atoms with Crippen LogP contribution in [0.2, 0.25) is 0 Å². The van der Waals surface area contributed by atoms with Crippen molar-refractivity contribution in [2.24, 2.45) is 0 Å². The second-order valence-electron chi connectivity index (χ2n) is 7.77. The van der Waals surface area contributed by atoms with Gasteiger partial charge in [-0.2, -0.15) is 0 Å². The van der Waals surface area contributed by atoms with E-state index >= 15 is 0 Å². The third-order valence-electron chi connectivity index (χ3n) is 5.55. The Morgan fingerprint density at radius 1 is 1.03 bits per heavy atom. The van der Waals surface area contributed by atoms with Crippen molar-refractivity contribution < 1.29 is 19.2 Å². The topological polar surface area (TPSA) is 98.8 Å². The Balaban J connectivity index is 1.22. The number of imide groups is 1. The summed E-state index contributed by atoms with van der Waals surface area (Å²) in [7, 11) is 0. The minimum absolute atomic E-state index is 0.0154. The maximum Gasteiger partial charge on any atom is 0.261 e. The number of amides is 4. The van der Waals surface area contributed by atoms with E-state index in [0.717, 1.165) is 22.3 Å². The molecule has 0 spiro atoms. The van der Waals surface area contributed by atoms with Gasteiger partial charge in [0.15, 0.2) is 0 Å². The number of benzene rings is 2. The lowest BCUT2D eigenvalue weighted by Crippen LogP contribution is -2.47. The van der Waals surface area contributed by atoms with E-state index in [1.807, 2.05) is 29.2 Å². The molecule has 9 heteroatoms. The molecule has 0 radical (unpaired) electrons. The average Bonchev–Trinajstić information content (AvgIpc) is 3.02. The van der Waals surface area contributed by atoms with Gasteiger partial charge < -0.3 is 15.5 Å². The Labute approximate surface area is 194 Å². The zero-order valence-electron chi connectivity index (χ0n) is 17.4. The van der Waals surface area contributed by atoms with Crippen molar-refractivity contribution in [2.45, 2.75) is 19.4 Å². The van der Waals surface area contributed by atoms with E-state index in [1.165, 1.54) is 4.90 Å². The molecule has 2 aliphatic heterocycles. The van der Waals surface area contributed by atoms with Crippen LogP contribution in [0.5, 0.6) is 0 Å². The van der Waals surface area contributed by atoms with Gasteiger partial charge in [0.1, 0.15) is 0 Å². The van der Waals surface area contributed by atoms with E-state index in [9.17, 15) is 19.2 Å². The molecule has 2 aromatic rings. The second-order valence-corrected chi connectivity index (χ2v) is 8.69. The maximum absolute atomic E-state index is 12.5. The molecule has 2 heterocycles. The number of anilines is 1. The number of fused-ring (bicyclic) bond motifs is 1. The van der Waals surface area contributed by atoms with Gasteiger partial charge in [0.05, 0.1) is 17.7 Å². The van der Waals surface area contributed by atoms with Crippen molar-refractivity contribution >= 4 is 45.2 Å². The number of piperazine rings is 1. The number of halogens is 1. The number of carbonyl (C=O) groups is 4. The lowest BCUT2D eigenvalue weighted by atomic mass is 10.1. The molecule has 4 amide bonds. The van der Waals surface area contributed by atoms with Gasteiger partial charge in [-0.05, 0) is 42.3 Å². The first kappa shape index (κ1) is 22.0.